The van der Waals surface area contributed by atoms with Gasteiger partial charge in [-0.2, -0.15) is 0 Å². The van der Waals surface area contributed by atoms with E-state index in [-0.39, 0.29) is 5.54 Å². The molecule has 0 aromatic carbocycles. The summed E-state index contributed by atoms with van der Waals surface area (Å²) < 4.78 is 1.18. The highest BCUT2D eigenvalue weighted by atomic mass is 79.9. The Morgan fingerprint density at radius 1 is 1.53 bits per heavy atom. The standard InChI is InChI=1S/C11H19BrN2S/c1-11(2,4-5-13)14-6-3-10-7-9(12)8-15-10/h7-8,14H,3-6,13H2,1-2H3. The molecule has 0 aliphatic heterocycles. The van der Waals surface area contributed by atoms with Crippen LogP contribution in [0.15, 0.2) is 15.9 Å². The summed E-state index contributed by atoms with van der Waals surface area (Å²) in [5, 5.41) is 5.65. The quantitative estimate of drug-likeness (QED) is 0.846. The van der Waals surface area contributed by atoms with E-state index in [1.165, 1.54) is 9.35 Å². The number of thiophene rings is 1. The highest BCUT2D eigenvalue weighted by Gasteiger charge is 2.14. The maximum absolute atomic E-state index is 5.56. The molecule has 15 heavy (non-hydrogen) atoms. The van der Waals surface area contributed by atoms with E-state index >= 15 is 0 Å². The maximum Gasteiger partial charge on any atom is 0.0285 e. The molecule has 1 aromatic heterocycles. The monoisotopic (exact) mass is 290 g/mol. The van der Waals surface area contributed by atoms with Crippen molar-refractivity contribution >= 4 is 27.3 Å². The Labute approximate surface area is 104 Å². The van der Waals surface area contributed by atoms with Crippen molar-refractivity contribution < 1.29 is 0 Å². The number of hydrogen-bond donors (Lipinski definition) is 2. The Balaban J connectivity index is 2.27. The topological polar surface area (TPSA) is 38.0 Å². The van der Waals surface area contributed by atoms with Crippen LogP contribution >= 0.6 is 27.3 Å². The second-order valence-electron chi connectivity index (χ2n) is 4.33. The lowest BCUT2D eigenvalue weighted by Gasteiger charge is -2.25. The summed E-state index contributed by atoms with van der Waals surface area (Å²) in [5.74, 6) is 0. The molecular formula is C11H19BrN2S. The van der Waals surface area contributed by atoms with Gasteiger partial charge in [-0.1, -0.05) is 0 Å². The molecule has 0 amide bonds. The van der Waals surface area contributed by atoms with Gasteiger partial charge in [-0.3, -0.25) is 0 Å². The molecule has 0 saturated heterocycles. The molecule has 86 valence electrons. The van der Waals surface area contributed by atoms with Crippen LogP contribution in [0.2, 0.25) is 0 Å². The largest absolute Gasteiger partial charge is 0.330 e. The lowest BCUT2D eigenvalue weighted by atomic mass is 10.0. The van der Waals surface area contributed by atoms with E-state index in [1.807, 2.05) is 0 Å². The number of nitrogens with two attached hydrogens (primary N) is 1. The van der Waals surface area contributed by atoms with Crippen LogP contribution in [-0.2, 0) is 6.42 Å². The fourth-order valence-corrected chi connectivity index (χ4v) is 2.91. The van der Waals surface area contributed by atoms with Gasteiger partial charge in [-0.15, -0.1) is 11.3 Å². The van der Waals surface area contributed by atoms with Crippen molar-refractivity contribution in [3.63, 3.8) is 0 Å². The Morgan fingerprint density at radius 2 is 2.27 bits per heavy atom. The summed E-state index contributed by atoms with van der Waals surface area (Å²) in [6, 6.07) is 2.18. The SMILES string of the molecule is CC(C)(CCN)NCCc1cc(Br)cs1. The fraction of sp³-hybridized carbons (Fsp3) is 0.636. The zero-order valence-corrected chi connectivity index (χ0v) is 11.7. The van der Waals surface area contributed by atoms with Crippen molar-refractivity contribution in [3.05, 3.63) is 20.8 Å². The molecular weight excluding hydrogens is 272 g/mol. The smallest absolute Gasteiger partial charge is 0.0285 e. The van der Waals surface area contributed by atoms with Crippen LogP contribution in [0.5, 0.6) is 0 Å². The molecule has 0 aliphatic carbocycles. The van der Waals surface area contributed by atoms with Gasteiger partial charge < -0.3 is 11.1 Å². The first-order valence-electron chi connectivity index (χ1n) is 5.21. The molecule has 0 bridgehead atoms. The van der Waals surface area contributed by atoms with Crippen molar-refractivity contribution in [1.29, 1.82) is 0 Å². The molecule has 0 fully saturated rings. The van der Waals surface area contributed by atoms with Gasteiger partial charge in [0.1, 0.15) is 0 Å². The van der Waals surface area contributed by atoms with Crippen LogP contribution in [-0.4, -0.2) is 18.6 Å². The molecule has 0 saturated carbocycles. The van der Waals surface area contributed by atoms with Crippen LogP contribution in [0, 0.1) is 0 Å². The van der Waals surface area contributed by atoms with Gasteiger partial charge in [0.15, 0.2) is 0 Å². The number of rotatable bonds is 6. The normalized spacial score (nSPS) is 12.0. The molecule has 1 heterocycles. The Morgan fingerprint density at radius 3 is 2.80 bits per heavy atom. The second-order valence-corrected chi connectivity index (χ2v) is 6.24. The summed E-state index contributed by atoms with van der Waals surface area (Å²) in [4.78, 5) is 1.41. The fourth-order valence-electron chi connectivity index (χ4n) is 1.46. The van der Waals surface area contributed by atoms with Crippen LogP contribution < -0.4 is 11.1 Å². The molecule has 3 N–H and O–H groups in total. The van der Waals surface area contributed by atoms with Gasteiger partial charge in [-0.05, 0) is 55.2 Å². The first-order chi connectivity index (χ1) is 7.03. The second kappa shape index (κ2) is 5.99. The summed E-state index contributed by atoms with van der Waals surface area (Å²) in [6.07, 6.45) is 2.10. The van der Waals surface area contributed by atoms with E-state index in [0.29, 0.717) is 0 Å². The molecule has 1 rings (SSSR count). The molecule has 0 spiro atoms. The lowest BCUT2D eigenvalue weighted by Crippen LogP contribution is -2.41. The Hall–Kier alpha value is 0.1000. The van der Waals surface area contributed by atoms with Crippen LogP contribution in [0.25, 0.3) is 0 Å². The van der Waals surface area contributed by atoms with Crippen molar-refractivity contribution in [2.45, 2.75) is 32.2 Å². The molecule has 1 aromatic rings. The van der Waals surface area contributed by atoms with E-state index in [1.54, 1.807) is 11.3 Å². The predicted molar refractivity (Wildman–Crippen MR) is 71.5 cm³/mol. The van der Waals surface area contributed by atoms with Gasteiger partial charge in [-0.25, -0.2) is 0 Å². The third-order valence-electron chi connectivity index (χ3n) is 2.37. The van der Waals surface area contributed by atoms with Crippen molar-refractivity contribution in [2.24, 2.45) is 5.73 Å². The van der Waals surface area contributed by atoms with E-state index < -0.39 is 0 Å². The number of nitrogens with one attached hydrogen (secondary N) is 1. The van der Waals surface area contributed by atoms with Crippen molar-refractivity contribution in [1.82, 2.24) is 5.32 Å². The minimum absolute atomic E-state index is 0.156. The number of halogens is 1. The highest BCUT2D eigenvalue weighted by Crippen LogP contribution is 2.20. The zero-order valence-electron chi connectivity index (χ0n) is 9.35. The van der Waals surface area contributed by atoms with Crippen molar-refractivity contribution in [2.75, 3.05) is 13.1 Å². The van der Waals surface area contributed by atoms with Gasteiger partial charge in [0, 0.05) is 26.8 Å². The predicted octanol–water partition coefficient (Wildman–Crippen LogP) is 2.77. The lowest BCUT2D eigenvalue weighted by molar-refractivity contribution is 0.370. The first kappa shape index (κ1) is 13.2. The van der Waals surface area contributed by atoms with E-state index in [4.69, 9.17) is 5.73 Å². The summed E-state index contributed by atoms with van der Waals surface area (Å²) in [7, 11) is 0. The molecule has 2 nitrogen and oxygen atoms in total. The molecule has 0 radical (unpaired) electrons. The van der Waals surface area contributed by atoms with Gasteiger partial charge in [0.25, 0.3) is 0 Å². The maximum atomic E-state index is 5.56. The minimum atomic E-state index is 0.156. The molecule has 0 atom stereocenters. The Bertz CT molecular complexity index is 297. The summed E-state index contributed by atoms with van der Waals surface area (Å²) >= 11 is 5.26. The van der Waals surface area contributed by atoms with E-state index in [2.05, 4.69) is 46.5 Å². The average molecular weight is 291 g/mol. The summed E-state index contributed by atoms with van der Waals surface area (Å²) in [6.45, 7) is 6.15. The van der Waals surface area contributed by atoms with Crippen LogP contribution in [0.4, 0.5) is 0 Å². The highest BCUT2D eigenvalue weighted by molar-refractivity contribution is 9.10. The van der Waals surface area contributed by atoms with Crippen molar-refractivity contribution in [3.8, 4) is 0 Å². The first-order valence-corrected chi connectivity index (χ1v) is 6.89. The minimum Gasteiger partial charge on any atom is -0.330 e. The zero-order chi connectivity index (χ0) is 11.3. The van der Waals surface area contributed by atoms with Gasteiger partial charge in [0.2, 0.25) is 0 Å². The van der Waals surface area contributed by atoms with Gasteiger partial charge >= 0.3 is 0 Å². The average Bonchev–Trinajstić information content (AvgIpc) is 2.51. The van der Waals surface area contributed by atoms with E-state index in [9.17, 15) is 0 Å². The Kier molecular flexibility index (Phi) is 5.26. The van der Waals surface area contributed by atoms with Crippen LogP contribution in [0.3, 0.4) is 0 Å². The molecule has 4 heteroatoms. The molecule has 0 unspecified atom stereocenters. The van der Waals surface area contributed by atoms with Crippen LogP contribution in [0.1, 0.15) is 25.1 Å². The molecule has 0 aliphatic rings. The third kappa shape index (κ3) is 5.11. The van der Waals surface area contributed by atoms with E-state index in [0.717, 1.165) is 25.9 Å². The van der Waals surface area contributed by atoms with Gasteiger partial charge in [0.05, 0.1) is 0 Å². The number of hydrogen-bond acceptors (Lipinski definition) is 3. The summed E-state index contributed by atoms with van der Waals surface area (Å²) in [5.41, 5.74) is 5.71. The third-order valence-corrected chi connectivity index (χ3v) is 4.12.